The molecule has 1 aromatic carbocycles. The lowest BCUT2D eigenvalue weighted by Gasteiger charge is -2.15. The third kappa shape index (κ3) is 6.20. The van der Waals surface area contributed by atoms with Crippen LogP contribution in [0.15, 0.2) is 28.1 Å². The number of hydrogen-bond acceptors (Lipinski definition) is 4. The van der Waals surface area contributed by atoms with Crippen LogP contribution in [0.1, 0.15) is 24.0 Å². The number of aryl methyl sites for hydroxylation is 2. The van der Waals surface area contributed by atoms with Crippen molar-refractivity contribution in [1.29, 1.82) is 0 Å². The molecular weight excluding hydrogens is 356 g/mol. The van der Waals surface area contributed by atoms with Crippen molar-refractivity contribution in [2.45, 2.75) is 36.8 Å². The molecule has 0 saturated carbocycles. The van der Waals surface area contributed by atoms with Gasteiger partial charge in [0.15, 0.2) is 5.96 Å². The van der Waals surface area contributed by atoms with Gasteiger partial charge in [-0.15, -0.1) is 0 Å². The van der Waals surface area contributed by atoms with Gasteiger partial charge in [-0.25, -0.2) is 13.1 Å². The quantitative estimate of drug-likeness (QED) is 0.378. The maximum absolute atomic E-state index is 12.4. The molecule has 1 fully saturated rings. The molecule has 0 bridgehead atoms. The van der Waals surface area contributed by atoms with Gasteiger partial charge in [0.05, 0.1) is 4.90 Å². The van der Waals surface area contributed by atoms with Crippen LogP contribution in [0.2, 0.25) is 0 Å². The Morgan fingerprint density at radius 1 is 1.28 bits per heavy atom. The highest BCUT2D eigenvalue weighted by molar-refractivity contribution is 8.00. The molecule has 1 aromatic rings. The molecule has 6 nitrogen and oxygen atoms in total. The van der Waals surface area contributed by atoms with E-state index in [0.29, 0.717) is 29.2 Å². The fraction of sp³-hybridized carbons (Fsp3) is 0.588. The largest absolute Gasteiger partial charge is 0.355 e. The highest BCUT2D eigenvalue weighted by Gasteiger charge is 2.17. The molecule has 1 aliphatic heterocycles. The first kappa shape index (κ1) is 20.1. The lowest BCUT2D eigenvalue weighted by Crippen LogP contribution is -2.43. The lowest BCUT2D eigenvalue weighted by molar-refractivity contribution is 0.579. The Balaban J connectivity index is 1.77. The third-order valence-electron chi connectivity index (χ3n) is 4.09. The summed E-state index contributed by atoms with van der Waals surface area (Å²) < 4.78 is 27.5. The number of thioether (sulfide) groups is 1. The maximum Gasteiger partial charge on any atom is 0.240 e. The van der Waals surface area contributed by atoms with Gasteiger partial charge >= 0.3 is 0 Å². The Morgan fingerprint density at radius 3 is 2.76 bits per heavy atom. The van der Waals surface area contributed by atoms with E-state index in [1.165, 1.54) is 18.6 Å². The van der Waals surface area contributed by atoms with E-state index in [0.717, 1.165) is 17.7 Å². The summed E-state index contributed by atoms with van der Waals surface area (Å²) in [5, 5.41) is 7.08. The number of aliphatic imine (C=N–C) groups is 1. The fourth-order valence-corrected chi connectivity index (χ4v) is 5.24. The van der Waals surface area contributed by atoms with E-state index in [1.807, 2.05) is 30.8 Å². The highest BCUT2D eigenvalue weighted by atomic mass is 32.2. The lowest BCUT2D eigenvalue weighted by atomic mass is 10.2. The van der Waals surface area contributed by atoms with Gasteiger partial charge in [0.25, 0.3) is 0 Å². The van der Waals surface area contributed by atoms with Gasteiger partial charge in [0.2, 0.25) is 10.0 Å². The molecule has 3 N–H and O–H groups in total. The number of benzene rings is 1. The molecule has 0 aromatic heterocycles. The zero-order valence-electron chi connectivity index (χ0n) is 15.1. The number of sulfonamides is 1. The van der Waals surface area contributed by atoms with Crippen LogP contribution in [-0.2, 0) is 10.0 Å². The third-order valence-corrected chi connectivity index (χ3v) is 7.09. The van der Waals surface area contributed by atoms with Gasteiger partial charge in [0.1, 0.15) is 0 Å². The maximum atomic E-state index is 12.4. The molecule has 0 amide bonds. The SMILES string of the molecule is CN=C(NCCNS(=O)(=O)c1cc(C)ccc1C)NCC1CCCS1. The van der Waals surface area contributed by atoms with E-state index in [1.54, 1.807) is 20.0 Å². The summed E-state index contributed by atoms with van der Waals surface area (Å²) in [6.07, 6.45) is 2.52. The van der Waals surface area contributed by atoms with Crippen LogP contribution in [0.4, 0.5) is 0 Å². The van der Waals surface area contributed by atoms with Crippen molar-refractivity contribution in [3.05, 3.63) is 29.3 Å². The summed E-state index contributed by atoms with van der Waals surface area (Å²) in [5.74, 6) is 1.94. The van der Waals surface area contributed by atoms with Crippen LogP contribution in [0.3, 0.4) is 0 Å². The van der Waals surface area contributed by atoms with Crippen molar-refractivity contribution in [2.24, 2.45) is 4.99 Å². The highest BCUT2D eigenvalue weighted by Crippen LogP contribution is 2.25. The van der Waals surface area contributed by atoms with Crippen molar-refractivity contribution >= 4 is 27.7 Å². The first-order valence-electron chi connectivity index (χ1n) is 8.55. The zero-order valence-corrected chi connectivity index (χ0v) is 16.8. The minimum Gasteiger partial charge on any atom is -0.355 e. The van der Waals surface area contributed by atoms with Gasteiger partial charge in [-0.2, -0.15) is 11.8 Å². The molecule has 0 aliphatic carbocycles. The van der Waals surface area contributed by atoms with Gasteiger partial charge in [-0.1, -0.05) is 12.1 Å². The minimum absolute atomic E-state index is 0.300. The summed E-state index contributed by atoms with van der Waals surface area (Å²) in [7, 11) is -1.78. The van der Waals surface area contributed by atoms with Gasteiger partial charge in [-0.05, 0) is 49.6 Å². The van der Waals surface area contributed by atoms with Crippen molar-refractivity contribution in [1.82, 2.24) is 15.4 Å². The van der Waals surface area contributed by atoms with E-state index in [4.69, 9.17) is 0 Å². The molecule has 1 aliphatic rings. The van der Waals surface area contributed by atoms with Gasteiger partial charge < -0.3 is 10.6 Å². The standard InChI is InChI=1S/C17H28N4O2S2/c1-13-6-7-14(2)16(11-13)25(22,23)21-9-8-19-17(18-3)20-12-15-5-4-10-24-15/h6-7,11,15,21H,4-5,8-10,12H2,1-3H3,(H2,18,19,20). The predicted octanol–water partition coefficient (Wildman–Crippen LogP) is 1.64. The summed E-state index contributed by atoms with van der Waals surface area (Å²) in [6.45, 7) is 5.35. The van der Waals surface area contributed by atoms with E-state index >= 15 is 0 Å². The molecule has 0 radical (unpaired) electrons. The van der Waals surface area contributed by atoms with Crippen LogP contribution in [-0.4, -0.2) is 52.1 Å². The van der Waals surface area contributed by atoms with Gasteiger partial charge in [-0.3, -0.25) is 4.99 Å². The van der Waals surface area contributed by atoms with E-state index in [2.05, 4.69) is 20.3 Å². The Kier molecular flexibility index (Phi) is 7.58. The predicted molar refractivity (Wildman–Crippen MR) is 106 cm³/mol. The second-order valence-corrected chi connectivity index (χ2v) is 9.33. The number of rotatable bonds is 7. The Hall–Kier alpha value is -1.25. The minimum atomic E-state index is -3.50. The van der Waals surface area contributed by atoms with Crippen LogP contribution < -0.4 is 15.4 Å². The fourth-order valence-electron chi connectivity index (χ4n) is 2.68. The molecule has 2 rings (SSSR count). The zero-order chi connectivity index (χ0) is 18.3. The van der Waals surface area contributed by atoms with Crippen molar-refractivity contribution in [3.8, 4) is 0 Å². The Morgan fingerprint density at radius 2 is 2.08 bits per heavy atom. The normalized spacial score (nSPS) is 18.4. The van der Waals surface area contributed by atoms with Crippen molar-refractivity contribution in [3.63, 3.8) is 0 Å². The van der Waals surface area contributed by atoms with E-state index in [9.17, 15) is 8.42 Å². The van der Waals surface area contributed by atoms with E-state index in [-0.39, 0.29) is 0 Å². The van der Waals surface area contributed by atoms with Crippen LogP contribution in [0.5, 0.6) is 0 Å². The molecule has 1 saturated heterocycles. The Labute approximate surface area is 155 Å². The summed E-state index contributed by atoms with van der Waals surface area (Å²) in [5.41, 5.74) is 1.68. The summed E-state index contributed by atoms with van der Waals surface area (Å²) in [4.78, 5) is 4.52. The van der Waals surface area contributed by atoms with E-state index < -0.39 is 10.0 Å². The monoisotopic (exact) mass is 384 g/mol. The van der Waals surface area contributed by atoms with Crippen molar-refractivity contribution < 1.29 is 8.42 Å². The van der Waals surface area contributed by atoms with Crippen LogP contribution in [0, 0.1) is 13.8 Å². The average Bonchev–Trinajstić information content (AvgIpc) is 3.09. The molecular formula is C17H28N4O2S2. The van der Waals surface area contributed by atoms with Crippen LogP contribution >= 0.6 is 11.8 Å². The number of guanidine groups is 1. The molecule has 8 heteroatoms. The second-order valence-electron chi connectivity index (χ2n) is 6.18. The second kappa shape index (κ2) is 9.45. The van der Waals surface area contributed by atoms with Gasteiger partial charge in [0, 0.05) is 31.9 Å². The average molecular weight is 385 g/mol. The first-order valence-corrected chi connectivity index (χ1v) is 11.1. The Bertz CT molecular complexity index is 699. The summed E-state index contributed by atoms with van der Waals surface area (Å²) >= 11 is 1.99. The molecule has 25 heavy (non-hydrogen) atoms. The molecule has 1 unspecified atom stereocenters. The molecule has 140 valence electrons. The van der Waals surface area contributed by atoms with Crippen molar-refractivity contribution in [2.75, 3.05) is 32.4 Å². The molecule has 1 atom stereocenters. The molecule has 1 heterocycles. The summed E-state index contributed by atoms with van der Waals surface area (Å²) in [6, 6.07) is 5.44. The number of hydrogen-bond donors (Lipinski definition) is 3. The van der Waals surface area contributed by atoms with Crippen LogP contribution in [0.25, 0.3) is 0 Å². The smallest absolute Gasteiger partial charge is 0.240 e. The number of nitrogens with zero attached hydrogens (tertiary/aromatic N) is 1. The molecule has 0 spiro atoms. The first-order chi connectivity index (χ1) is 11.9. The topological polar surface area (TPSA) is 82.6 Å². The number of nitrogens with one attached hydrogen (secondary N) is 3.